The van der Waals surface area contributed by atoms with Crippen molar-refractivity contribution in [3.63, 3.8) is 0 Å². The third-order valence-corrected chi connectivity index (χ3v) is 2.26. The van der Waals surface area contributed by atoms with E-state index < -0.39 is 0 Å². The number of benzene rings is 1. The zero-order valence-corrected chi connectivity index (χ0v) is 13.0. The highest BCUT2D eigenvalue weighted by atomic mass is 14.9. The highest BCUT2D eigenvalue weighted by Gasteiger charge is 2.04. The van der Waals surface area contributed by atoms with Crippen molar-refractivity contribution in [1.29, 1.82) is 0 Å². The lowest BCUT2D eigenvalue weighted by Crippen LogP contribution is -1.97. The second-order valence-electron chi connectivity index (χ2n) is 3.82. The molecule has 0 atom stereocenters. The van der Waals surface area contributed by atoms with Crippen LogP contribution in [0.3, 0.4) is 0 Å². The van der Waals surface area contributed by atoms with E-state index in [-0.39, 0.29) is 0 Å². The third kappa shape index (κ3) is 5.64. The highest BCUT2D eigenvalue weighted by Crippen LogP contribution is 2.17. The zero-order valence-electron chi connectivity index (χ0n) is 13.0. The molecule has 2 heteroatoms. The van der Waals surface area contributed by atoms with Gasteiger partial charge >= 0.3 is 0 Å². The quantitative estimate of drug-likeness (QED) is 0.728. The molecule has 1 heterocycles. The first-order valence-corrected chi connectivity index (χ1v) is 7.16. The largest absolute Gasteiger partial charge is 0.241 e. The lowest BCUT2D eigenvalue weighted by atomic mass is 10.1. The standard InChI is InChI=1S/C13H14N2.2C2H6/c1-10(2)13-14-9-8-12(15-13)11-6-4-3-5-7-11;2*1-2/h3-10H,1-2H3;2*1-2H3. The van der Waals surface area contributed by atoms with Crippen LogP contribution in [0.2, 0.25) is 0 Å². The molecule has 0 saturated heterocycles. The van der Waals surface area contributed by atoms with Crippen LogP contribution in [-0.2, 0) is 0 Å². The molecule has 1 aromatic heterocycles. The van der Waals surface area contributed by atoms with Crippen molar-refractivity contribution < 1.29 is 0 Å². The van der Waals surface area contributed by atoms with Gasteiger partial charge in [-0.1, -0.05) is 71.9 Å². The van der Waals surface area contributed by atoms with Crippen LogP contribution in [0.15, 0.2) is 42.6 Å². The Morgan fingerprint density at radius 3 is 1.95 bits per heavy atom. The Bertz CT molecular complexity index is 436. The summed E-state index contributed by atoms with van der Waals surface area (Å²) in [6.45, 7) is 12.2. The van der Waals surface area contributed by atoms with Crippen molar-refractivity contribution in [2.45, 2.75) is 47.5 Å². The van der Waals surface area contributed by atoms with Gasteiger partial charge in [-0.25, -0.2) is 9.97 Å². The first-order chi connectivity index (χ1) is 9.27. The maximum atomic E-state index is 4.53. The average molecular weight is 258 g/mol. The van der Waals surface area contributed by atoms with Gasteiger partial charge in [0.05, 0.1) is 5.69 Å². The fraction of sp³-hybridized carbons (Fsp3) is 0.412. The van der Waals surface area contributed by atoms with Gasteiger partial charge in [0, 0.05) is 17.7 Å². The molecule has 0 amide bonds. The number of aromatic nitrogens is 2. The first kappa shape index (κ1) is 17.3. The Kier molecular flexibility index (Phi) is 9.33. The molecule has 2 nitrogen and oxygen atoms in total. The van der Waals surface area contributed by atoms with Gasteiger partial charge in [0.2, 0.25) is 0 Å². The van der Waals surface area contributed by atoms with Crippen molar-refractivity contribution >= 4 is 0 Å². The molecule has 0 aliphatic heterocycles. The summed E-state index contributed by atoms with van der Waals surface area (Å²) < 4.78 is 0. The summed E-state index contributed by atoms with van der Waals surface area (Å²) in [5.74, 6) is 1.27. The Labute approximate surface area is 117 Å². The molecule has 0 unspecified atom stereocenters. The highest BCUT2D eigenvalue weighted by molar-refractivity contribution is 5.58. The molecule has 0 bridgehead atoms. The van der Waals surface area contributed by atoms with Crippen LogP contribution in [0.25, 0.3) is 11.3 Å². The number of rotatable bonds is 2. The van der Waals surface area contributed by atoms with E-state index >= 15 is 0 Å². The fourth-order valence-corrected chi connectivity index (χ4v) is 1.42. The summed E-state index contributed by atoms with van der Waals surface area (Å²) in [5, 5.41) is 0. The molecule has 0 spiro atoms. The number of nitrogens with zero attached hydrogens (tertiary/aromatic N) is 2. The monoisotopic (exact) mass is 258 g/mol. The van der Waals surface area contributed by atoms with E-state index in [0.717, 1.165) is 17.1 Å². The predicted octanol–water partition coefficient (Wildman–Crippen LogP) is 5.32. The SMILES string of the molecule is CC.CC.CC(C)c1nccc(-c2ccccc2)n1. The van der Waals surface area contributed by atoms with Crippen molar-refractivity contribution in [2.75, 3.05) is 0 Å². The normalized spacial score (nSPS) is 9.00. The van der Waals surface area contributed by atoms with Crippen LogP contribution in [0.5, 0.6) is 0 Å². The molecule has 0 radical (unpaired) electrons. The molecular weight excluding hydrogens is 232 g/mol. The third-order valence-electron chi connectivity index (χ3n) is 2.26. The summed E-state index contributed by atoms with van der Waals surface area (Å²) in [7, 11) is 0. The average Bonchev–Trinajstić information content (AvgIpc) is 2.52. The summed E-state index contributed by atoms with van der Waals surface area (Å²) in [6, 6.07) is 12.1. The van der Waals surface area contributed by atoms with E-state index in [1.807, 2.05) is 58.2 Å². The van der Waals surface area contributed by atoms with E-state index in [4.69, 9.17) is 0 Å². The van der Waals surface area contributed by atoms with Crippen molar-refractivity contribution in [2.24, 2.45) is 0 Å². The van der Waals surface area contributed by atoms with E-state index in [9.17, 15) is 0 Å². The van der Waals surface area contributed by atoms with Gasteiger partial charge in [0.1, 0.15) is 5.82 Å². The van der Waals surface area contributed by atoms with Gasteiger partial charge < -0.3 is 0 Å². The van der Waals surface area contributed by atoms with E-state index in [1.165, 1.54) is 0 Å². The fourth-order valence-electron chi connectivity index (χ4n) is 1.42. The van der Waals surface area contributed by atoms with Crippen molar-refractivity contribution in [3.8, 4) is 11.3 Å². The lowest BCUT2D eigenvalue weighted by Gasteiger charge is -2.05. The first-order valence-electron chi connectivity index (χ1n) is 7.16. The van der Waals surface area contributed by atoms with Gasteiger partial charge in [-0.3, -0.25) is 0 Å². The molecule has 0 fully saturated rings. The summed E-state index contributed by atoms with van der Waals surface area (Å²) >= 11 is 0. The Morgan fingerprint density at radius 2 is 1.42 bits per heavy atom. The minimum Gasteiger partial charge on any atom is -0.241 e. The Morgan fingerprint density at radius 1 is 0.842 bits per heavy atom. The topological polar surface area (TPSA) is 25.8 Å². The summed E-state index contributed by atoms with van der Waals surface area (Å²) in [5.41, 5.74) is 2.14. The predicted molar refractivity (Wildman–Crippen MR) is 84.3 cm³/mol. The Balaban J connectivity index is 0.000000741. The molecule has 104 valence electrons. The summed E-state index contributed by atoms with van der Waals surface area (Å²) in [6.07, 6.45) is 1.82. The van der Waals surface area contributed by atoms with Crippen LogP contribution in [0.1, 0.15) is 53.3 Å². The van der Waals surface area contributed by atoms with Crippen LogP contribution in [0.4, 0.5) is 0 Å². The lowest BCUT2D eigenvalue weighted by molar-refractivity contribution is 0.776. The van der Waals surface area contributed by atoms with Gasteiger partial charge in [-0.15, -0.1) is 0 Å². The van der Waals surface area contributed by atoms with E-state index in [0.29, 0.717) is 5.92 Å². The van der Waals surface area contributed by atoms with Crippen molar-refractivity contribution in [3.05, 3.63) is 48.4 Å². The second kappa shape index (κ2) is 10.2. The molecule has 2 aromatic rings. The van der Waals surface area contributed by atoms with Crippen LogP contribution in [-0.4, -0.2) is 9.97 Å². The minimum absolute atomic E-state index is 0.369. The number of hydrogen-bond donors (Lipinski definition) is 0. The van der Waals surface area contributed by atoms with Crippen LogP contribution >= 0.6 is 0 Å². The smallest absolute Gasteiger partial charge is 0.131 e. The molecule has 0 saturated carbocycles. The molecule has 0 aliphatic carbocycles. The van der Waals surface area contributed by atoms with Crippen LogP contribution < -0.4 is 0 Å². The van der Waals surface area contributed by atoms with Crippen LogP contribution in [0, 0.1) is 0 Å². The minimum atomic E-state index is 0.369. The second-order valence-corrected chi connectivity index (χ2v) is 3.82. The van der Waals surface area contributed by atoms with Crippen molar-refractivity contribution in [1.82, 2.24) is 9.97 Å². The number of hydrogen-bond acceptors (Lipinski definition) is 2. The molecule has 0 N–H and O–H groups in total. The Hall–Kier alpha value is -1.70. The van der Waals surface area contributed by atoms with Gasteiger partial charge in [0.25, 0.3) is 0 Å². The maximum absolute atomic E-state index is 4.53. The van der Waals surface area contributed by atoms with E-state index in [1.54, 1.807) is 0 Å². The van der Waals surface area contributed by atoms with Gasteiger partial charge in [-0.2, -0.15) is 0 Å². The molecular formula is C17H26N2. The molecule has 1 aromatic carbocycles. The summed E-state index contributed by atoms with van der Waals surface area (Å²) in [4.78, 5) is 8.78. The zero-order chi connectivity index (χ0) is 14.7. The molecule has 19 heavy (non-hydrogen) atoms. The molecule has 2 rings (SSSR count). The van der Waals surface area contributed by atoms with Gasteiger partial charge in [-0.05, 0) is 6.07 Å². The van der Waals surface area contributed by atoms with Gasteiger partial charge in [0.15, 0.2) is 0 Å². The maximum Gasteiger partial charge on any atom is 0.131 e. The van der Waals surface area contributed by atoms with E-state index in [2.05, 4.69) is 35.9 Å². The molecule has 0 aliphatic rings.